The van der Waals surface area contributed by atoms with E-state index in [-0.39, 0.29) is 0 Å². The Labute approximate surface area is 117 Å². The zero-order valence-corrected chi connectivity index (χ0v) is 12.1. The molecule has 0 aliphatic carbocycles. The van der Waals surface area contributed by atoms with Crippen molar-refractivity contribution < 1.29 is 0 Å². The normalized spacial score (nSPS) is 10.5. The Morgan fingerprint density at radius 1 is 1.47 bits per heavy atom. The summed E-state index contributed by atoms with van der Waals surface area (Å²) in [4.78, 5) is 5.47. The predicted molar refractivity (Wildman–Crippen MR) is 77.9 cm³/mol. The van der Waals surface area contributed by atoms with E-state index in [1.54, 1.807) is 17.5 Å². The lowest BCUT2D eigenvalue weighted by atomic mass is 10.3. The molecule has 0 aromatic carbocycles. The van der Waals surface area contributed by atoms with E-state index in [0.717, 1.165) is 27.6 Å². The van der Waals surface area contributed by atoms with Gasteiger partial charge in [-0.1, -0.05) is 11.6 Å². The van der Waals surface area contributed by atoms with Crippen molar-refractivity contribution in [3.63, 3.8) is 0 Å². The summed E-state index contributed by atoms with van der Waals surface area (Å²) in [5, 5.41) is 3.25. The molecule has 0 amide bonds. The minimum Gasteiger partial charge on any atom is -0.397 e. The molecule has 17 heavy (non-hydrogen) atoms. The first-order chi connectivity index (χ1) is 8.15. The number of nitrogens with zero attached hydrogens (tertiary/aromatic N) is 1. The molecule has 0 saturated heterocycles. The van der Waals surface area contributed by atoms with Gasteiger partial charge in [0.1, 0.15) is 5.82 Å². The van der Waals surface area contributed by atoms with Crippen molar-refractivity contribution in [2.24, 2.45) is 0 Å². The molecule has 0 saturated carbocycles. The minimum atomic E-state index is 0.646. The van der Waals surface area contributed by atoms with Crippen LogP contribution in [0.2, 0.25) is 4.34 Å². The van der Waals surface area contributed by atoms with Crippen molar-refractivity contribution in [3.8, 4) is 0 Å². The average molecular weight is 333 g/mol. The van der Waals surface area contributed by atoms with Crippen LogP contribution in [0.15, 0.2) is 28.9 Å². The number of hydrogen-bond acceptors (Lipinski definition) is 4. The maximum Gasteiger partial charge on any atom is 0.140 e. The third-order valence-electron chi connectivity index (χ3n) is 2.16. The molecule has 2 aromatic rings. The highest BCUT2D eigenvalue weighted by molar-refractivity contribution is 9.10. The molecule has 3 nitrogen and oxygen atoms in total. The Hall–Kier alpha value is -0.780. The van der Waals surface area contributed by atoms with E-state index in [2.05, 4.69) is 26.2 Å². The highest BCUT2D eigenvalue weighted by Crippen LogP contribution is 2.23. The van der Waals surface area contributed by atoms with Crippen molar-refractivity contribution in [3.05, 3.63) is 38.1 Å². The Morgan fingerprint density at radius 3 is 2.94 bits per heavy atom. The van der Waals surface area contributed by atoms with E-state index >= 15 is 0 Å². The van der Waals surface area contributed by atoms with Crippen LogP contribution in [0.1, 0.15) is 4.88 Å². The minimum absolute atomic E-state index is 0.646. The Bertz CT molecular complexity index is 515. The number of halogens is 2. The summed E-state index contributed by atoms with van der Waals surface area (Å²) >= 11 is 10.9. The standard InChI is InChI=1S/C11H11BrClN3S/c12-9-5-7(14)6-16-11(9)15-4-3-8-1-2-10(13)17-8/h1-2,5-6H,3-4,14H2,(H,15,16). The van der Waals surface area contributed by atoms with E-state index in [0.29, 0.717) is 5.69 Å². The Balaban J connectivity index is 1.90. The maximum atomic E-state index is 5.86. The van der Waals surface area contributed by atoms with Crippen LogP contribution in [-0.4, -0.2) is 11.5 Å². The van der Waals surface area contributed by atoms with Crippen molar-refractivity contribution >= 4 is 50.4 Å². The third kappa shape index (κ3) is 3.59. The maximum absolute atomic E-state index is 5.86. The number of thiophene rings is 1. The van der Waals surface area contributed by atoms with Crippen LogP contribution in [-0.2, 0) is 6.42 Å². The van der Waals surface area contributed by atoms with Gasteiger partial charge in [-0.05, 0) is 40.5 Å². The van der Waals surface area contributed by atoms with E-state index < -0.39 is 0 Å². The van der Waals surface area contributed by atoms with E-state index in [1.165, 1.54) is 4.88 Å². The van der Waals surface area contributed by atoms with Gasteiger partial charge in [-0.15, -0.1) is 11.3 Å². The molecule has 0 unspecified atom stereocenters. The number of nitrogens with one attached hydrogen (secondary N) is 1. The fraction of sp³-hybridized carbons (Fsp3) is 0.182. The Kier molecular flexibility index (Phi) is 4.25. The van der Waals surface area contributed by atoms with E-state index in [4.69, 9.17) is 17.3 Å². The number of pyridine rings is 1. The molecule has 0 bridgehead atoms. The van der Waals surface area contributed by atoms with Crippen LogP contribution < -0.4 is 11.1 Å². The van der Waals surface area contributed by atoms with Gasteiger partial charge in [0.15, 0.2) is 0 Å². The molecular formula is C11H11BrClN3S. The molecule has 2 rings (SSSR count). The molecule has 2 aromatic heterocycles. The third-order valence-corrected chi connectivity index (χ3v) is 4.05. The fourth-order valence-electron chi connectivity index (χ4n) is 1.37. The molecular weight excluding hydrogens is 322 g/mol. The molecule has 0 radical (unpaired) electrons. The van der Waals surface area contributed by atoms with Crippen LogP contribution in [0.3, 0.4) is 0 Å². The number of nitrogens with two attached hydrogens (primary N) is 1. The molecule has 0 aliphatic heterocycles. The lowest BCUT2D eigenvalue weighted by Crippen LogP contribution is -2.06. The van der Waals surface area contributed by atoms with Crippen molar-refractivity contribution in [2.75, 3.05) is 17.6 Å². The van der Waals surface area contributed by atoms with Gasteiger partial charge in [0.2, 0.25) is 0 Å². The quantitative estimate of drug-likeness (QED) is 0.895. The van der Waals surface area contributed by atoms with Crippen LogP contribution in [0, 0.1) is 0 Å². The fourth-order valence-corrected chi connectivity index (χ4v) is 2.97. The second-order valence-corrected chi connectivity index (χ2v) is 6.14. The first-order valence-corrected chi connectivity index (χ1v) is 7.03. The van der Waals surface area contributed by atoms with Gasteiger partial charge in [0.25, 0.3) is 0 Å². The van der Waals surface area contributed by atoms with Crippen molar-refractivity contribution in [1.29, 1.82) is 0 Å². The number of hydrogen-bond donors (Lipinski definition) is 2. The van der Waals surface area contributed by atoms with Gasteiger partial charge < -0.3 is 11.1 Å². The topological polar surface area (TPSA) is 50.9 Å². The zero-order valence-electron chi connectivity index (χ0n) is 8.91. The summed E-state index contributed by atoms with van der Waals surface area (Å²) in [6.45, 7) is 0.812. The summed E-state index contributed by atoms with van der Waals surface area (Å²) in [7, 11) is 0. The number of anilines is 2. The molecule has 90 valence electrons. The molecule has 3 N–H and O–H groups in total. The number of nitrogen functional groups attached to an aromatic ring is 1. The van der Waals surface area contributed by atoms with Crippen molar-refractivity contribution in [1.82, 2.24) is 4.98 Å². The first kappa shape index (κ1) is 12.7. The molecule has 0 atom stereocenters. The second kappa shape index (κ2) is 5.71. The zero-order chi connectivity index (χ0) is 12.3. The molecule has 2 heterocycles. The van der Waals surface area contributed by atoms with Gasteiger partial charge in [0.05, 0.1) is 20.7 Å². The molecule has 0 spiro atoms. The van der Waals surface area contributed by atoms with Crippen LogP contribution in [0.25, 0.3) is 0 Å². The SMILES string of the molecule is Nc1cnc(NCCc2ccc(Cl)s2)c(Br)c1. The first-order valence-electron chi connectivity index (χ1n) is 5.04. The van der Waals surface area contributed by atoms with Gasteiger partial charge in [-0.2, -0.15) is 0 Å². The monoisotopic (exact) mass is 331 g/mol. The van der Waals surface area contributed by atoms with Crippen molar-refractivity contribution in [2.45, 2.75) is 6.42 Å². The van der Waals surface area contributed by atoms with Gasteiger partial charge in [0, 0.05) is 11.4 Å². The average Bonchev–Trinajstić information content (AvgIpc) is 2.68. The summed E-state index contributed by atoms with van der Waals surface area (Å²) in [6, 6.07) is 5.79. The highest BCUT2D eigenvalue weighted by Gasteiger charge is 2.02. The van der Waals surface area contributed by atoms with E-state index in [1.807, 2.05) is 18.2 Å². The predicted octanol–water partition coefficient (Wildman–Crippen LogP) is 3.80. The Morgan fingerprint density at radius 2 is 2.29 bits per heavy atom. The number of aromatic nitrogens is 1. The smallest absolute Gasteiger partial charge is 0.140 e. The van der Waals surface area contributed by atoms with Crippen LogP contribution in [0.4, 0.5) is 11.5 Å². The van der Waals surface area contributed by atoms with Gasteiger partial charge in [-0.3, -0.25) is 0 Å². The summed E-state index contributed by atoms with van der Waals surface area (Å²) in [6.07, 6.45) is 2.56. The number of rotatable bonds is 4. The summed E-state index contributed by atoms with van der Waals surface area (Å²) in [5.41, 5.74) is 6.26. The van der Waals surface area contributed by atoms with Crippen LogP contribution in [0.5, 0.6) is 0 Å². The molecule has 0 aliphatic rings. The van der Waals surface area contributed by atoms with Gasteiger partial charge >= 0.3 is 0 Å². The second-order valence-electron chi connectivity index (χ2n) is 3.48. The lowest BCUT2D eigenvalue weighted by Gasteiger charge is -2.07. The highest BCUT2D eigenvalue weighted by atomic mass is 79.9. The van der Waals surface area contributed by atoms with Crippen LogP contribution >= 0.6 is 38.9 Å². The lowest BCUT2D eigenvalue weighted by molar-refractivity contribution is 1.03. The summed E-state index contributed by atoms with van der Waals surface area (Å²) < 4.78 is 1.70. The molecule has 6 heteroatoms. The molecule has 0 fully saturated rings. The van der Waals surface area contributed by atoms with E-state index in [9.17, 15) is 0 Å². The largest absolute Gasteiger partial charge is 0.397 e. The summed E-state index contributed by atoms with van der Waals surface area (Å²) in [5.74, 6) is 0.807. The van der Waals surface area contributed by atoms with Gasteiger partial charge in [-0.25, -0.2) is 4.98 Å².